The van der Waals surface area contributed by atoms with Gasteiger partial charge in [0.2, 0.25) is 5.91 Å². The fraction of sp³-hybridized carbons (Fsp3) is 0.167. The van der Waals surface area contributed by atoms with Crippen molar-refractivity contribution < 1.29 is 9.59 Å². The van der Waals surface area contributed by atoms with Crippen LogP contribution in [-0.2, 0) is 4.79 Å². The van der Waals surface area contributed by atoms with Crippen molar-refractivity contribution in [2.75, 3.05) is 6.54 Å². The summed E-state index contributed by atoms with van der Waals surface area (Å²) in [5.74, 6) is -0.130. The molecule has 1 saturated heterocycles. The van der Waals surface area contributed by atoms with Gasteiger partial charge in [-0.15, -0.1) is 17.9 Å². The molecule has 2 heterocycles. The number of carbonyl (C=O) groups is 2. The minimum Gasteiger partial charge on any atom is -0.293 e. The number of thiophene rings is 1. The number of hydrogen-bond acceptors (Lipinski definition) is 5. The van der Waals surface area contributed by atoms with Crippen molar-refractivity contribution in [3.05, 3.63) is 64.3 Å². The maximum Gasteiger partial charge on any atom is 0.242 e. The largest absolute Gasteiger partial charge is 0.293 e. The molecule has 3 rings (SSSR count). The fourth-order valence-corrected chi connectivity index (χ4v) is 4.32. The average molecular weight is 391 g/mol. The molecule has 1 atom stereocenters. The standard InChI is InChI=1S/C18H15ClN2O2S2/c1-2-9-21-17(23)16(11-14(22)15-4-3-10-24-15)25-18(21)20-13-7-5-12(19)6-8-13/h2-8,10,16H,1,9,11H2. The number of carbonyl (C=O) groups excluding carboxylic acids is 2. The second-order valence-corrected chi connectivity index (χ2v) is 7.87. The Kier molecular flexibility index (Phi) is 5.73. The number of halogens is 1. The molecule has 4 nitrogen and oxygen atoms in total. The van der Waals surface area contributed by atoms with Gasteiger partial charge >= 0.3 is 0 Å². The van der Waals surface area contributed by atoms with Gasteiger partial charge in [-0.2, -0.15) is 0 Å². The van der Waals surface area contributed by atoms with E-state index in [0.29, 0.717) is 27.3 Å². The molecule has 0 N–H and O–H groups in total. The first kappa shape index (κ1) is 17.9. The SMILES string of the molecule is C=CCN1C(=O)C(CC(=O)c2cccs2)SC1=Nc1ccc(Cl)cc1. The number of amides is 1. The van der Waals surface area contributed by atoms with Gasteiger partial charge in [-0.1, -0.05) is 35.5 Å². The molecule has 0 saturated carbocycles. The maximum absolute atomic E-state index is 12.7. The van der Waals surface area contributed by atoms with Crippen LogP contribution in [-0.4, -0.2) is 33.6 Å². The van der Waals surface area contributed by atoms with Crippen LogP contribution in [0.25, 0.3) is 0 Å². The Hall–Kier alpha value is -1.89. The van der Waals surface area contributed by atoms with Gasteiger partial charge in [-0.05, 0) is 35.7 Å². The maximum atomic E-state index is 12.7. The smallest absolute Gasteiger partial charge is 0.242 e. The molecular weight excluding hydrogens is 376 g/mol. The van der Waals surface area contributed by atoms with Crippen molar-refractivity contribution in [2.24, 2.45) is 4.99 Å². The number of amidine groups is 1. The Morgan fingerprint density at radius 2 is 2.08 bits per heavy atom. The summed E-state index contributed by atoms with van der Waals surface area (Å²) in [4.78, 5) is 31.8. The number of rotatable bonds is 6. The van der Waals surface area contributed by atoms with Gasteiger partial charge in [0.05, 0.1) is 15.8 Å². The molecule has 1 amide bonds. The molecule has 1 aliphatic rings. The van der Waals surface area contributed by atoms with Gasteiger partial charge in [-0.3, -0.25) is 14.5 Å². The van der Waals surface area contributed by atoms with E-state index in [1.165, 1.54) is 23.1 Å². The van der Waals surface area contributed by atoms with Crippen LogP contribution in [0.15, 0.2) is 59.4 Å². The lowest BCUT2D eigenvalue weighted by Crippen LogP contribution is -2.32. The molecule has 2 aromatic rings. The summed E-state index contributed by atoms with van der Waals surface area (Å²) >= 11 is 8.60. The number of nitrogens with zero attached hydrogens (tertiary/aromatic N) is 2. The number of benzene rings is 1. The summed E-state index contributed by atoms with van der Waals surface area (Å²) in [7, 11) is 0. The third-order valence-electron chi connectivity index (χ3n) is 3.55. The second-order valence-electron chi connectivity index (χ2n) is 5.32. The Labute approximate surface area is 159 Å². The minimum atomic E-state index is -0.458. The van der Waals surface area contributed by atoms with E-state index in [1.54, 1.807) is 41.3 Å². The summed E-state index contributed by atoms with van der Waals surface area (Å²) in [6.45, 7) is 4.06. The predicted octanol–water partition coefficient (Wildman–Crippen LogP) is 4.79. The minimum absolute atomic E-state index is 0.0212. The number of aliphatic imine (C=N–C) groups is 1. The predicted molar refractivity (Wildman–Crippen MR) is 105 cm³/mol. The van der Waals surface area contributed by atoms with Crippen molar-refractivity contribution in [2.45, 2.75) is 11.7 Å². The first-order valence-corrected chi connectivity index (χ1v) is 9.72. The normalized spacial score (nSPS) is 18.8. The highest BCUT2D eigenvalue weighted by molar-refractivity contribution is 8.15. The third-order valence-corrected chi connectivity index (χ3v) is 5.89. The topological polar surface area (TPSA) is 49.7 Å². The average Bonchev–Trinajstić information content (AvgIpc) is 3.22. The zero-order valence-corrected chi connectivity index (χ0v) is 15.6. The lowest BCUT2D eigenvalue weighted by molar-refractivity contribution is -0.125. The van der Waals surface area contributed by atoms with Crippen molar-refractivity contribution in [3.63, 3.8) is 0 Å². The molecule has 0 spiro atoms. The van der Waals surface area contributed by atoms with Gasteiger partial charge in [0.1, 0.15) is 0 Å². The summed E-state index contributed by atoms with van der Waals surface area (Å²) in [6.07, 6.45) is 1.82. The van der Waals surface area contributed by atoms with E-state index in [9.17, 15) is 9.59 Å². The monoisotopic (exact) mass is 390 g/mol. The molecule has 1 aromatic heterocycles. The molecule has 7 heteroatoms. The van der Waals surface area contributed by atoms with E-state index in [0.717, 1.165) is 0 Å². The van der Waals surface area contributed by atoms with E-state index >= 15 is 0 Å². The number of ketones is 1. The van der Waals surface area contributed by atoms with E-state index in [2.05, 4.69) is 11.6 Å². The lowest BCUT2D eigenvalue weighted by Gasteiger charge is -2.13. The van der Waals surface area contributed by atoms with Crippen molar-refractivity contribution >= 4 is 57.2 Å². The number of Topliss-reactive ketones (excluding diaryl/α,β-unsaturated/α-hetero) is 1. The van der Waals surface area contributed by atoms with Crippen LogP contribution in [0.3, 0.4) is 0 Å². The van der Waals surface area contributed by atoms with Crippen LogP contribution in [0.2, 0.25) is 5.02 Å². The van der Waals surface area contributed by atoms with E-state index < -0.39 is 5.25 Å². The fourth-order valence-electron chi connectivity index (χ4n) is 2.35. The first-order valence-electron chi connectivity index (χ1n) is 7.58. The van der Waals surface area contributed by atoms with Crippen LogP contribution in [0, 0.1) is 0 Å². The molecule has 0 bridgehead atoms. The van der Waals surface area contributed by atoms with Crippen LogP contribution in [0.1, 0.15) is 16.1 Å². The van der Waals surface area contributed by atoms with Gasteiger partial charge in [-0.25, -0.2) is 4.99 Å². The van der Waals surface area contributed by atoms with E-state index in [-0.39, 0.29) is 18.1 Å². The zero-order valence-electron chi connectivity index (χ0n) is 13.2. The Bertz CT molecular complexity index is 816. The number of thioether (sulfide) groups is 1. The summed E-state index contributed by atoms with van der Waals surface area (Å²) < 4.78 is 0. The van der Waals surface area contributed by atoms with Crippen molar-refractivity contribution in [1.82, 2.24) is 4.90 Å². The zero-order chi connectivity index (χ0) is 17.8. The van der Waals surface area contributed by atoms with Gasteiger partial charge in [0.25, 0.3) is 0 Å². The molecule has 0 radical (unpaired) electrons. The molecule has 1 fully saturated rings. The summed E-state index contributed by atoms with van der Waals surface area (Å²) in [6, 6.07) is 10.7. The summed E-state index contributed by atoms with van der Waals surface area (Å²) in [5, 5.41) is 2.60. The quantitative estimate of drug-likeness (QED) is 0.526. The molecule has 1 aliphatic heterocycles. The highest BCUT2D eigenvalue weighted by Crippen LogP contribution is 2.33. The van der Waals surface area contributed by atoms with Gasteiger partial charge in [0, 0.05) is 18.0 Å². The Morgan fingerprint density at radius 3 is 2.72 bits per heavy atom. The van der Waals surface area contributed by atoms with Crippen molar-refractivity contribution in [1.29, 1.82) is 0 Å². The third kappa shape index (κ3) is 4.21. The highest BCUT2D eigenvalue weighted by atomic mass is 35.5. The number of hydrogen-bond donors (Lipinski definition) is 0. The Balaban J connectivity index is 1.81. The van der Waals surface area contributed by atoms with Crippen LogP contribution >= 0.6 is 34.7 Å². The van der Waals surface area contributed by atoms with Gasteiger partial charge in [0.15, 0.2) is 11.0 Å². The molecule has 0 aliphatic carbocycles. The Morgan fingerprint density at radius 1 is 1.32 bits per heavy atom. The van der Waals surface area contributed by atoms with E-state index in [1.807, 2.05) is 11.4 Å². The second kappa shape index (κ2) is 7.99. The molecule has 1 aromatic carbocycles. The van der Waals surface area contributed by atoms with E-state index in [4.69, 9.17) is 11.6 Å². The van der Waals surface area contributed by atoms with Crippen molar-refractivity contribution in [3.8, 4) is 0 Å². The van der Waals surface area contributed by atoms with Crippen LogP contribution in [0.5, 0.6) is 0 Å². The van der Waals surface area contributed by atoms with Crippen LogP contribution in [0.4, 0.5) is 5.69 Å². The molecule has 25 heavy (non-hydrogen) atoms. The highest BCUT2D eigenvalue weighted by Gasteiger charge is 2.38. The van der Waals surface area contributed by atoms with Gasteiger partial charge < -0.3 is 0 Å². The first-order chi connectivity index (χ1) is 12.1. The molecule has 1 unspecified atom stereocenters. The lowest BCUT2D eigenvalue weighted by atomic mass is 10.1. The molecular formula is C18H15ClN2O2S2. The summed E-state index contributed by atoms with van der Waals surface area (Å²) in [5.41, 5.74) is 0.707. The molecule has 128 valence electrons. The van der Waals surface area contributed by atoms with Crippen LogP contribution < -0.4 is 0 Å².